The number of carboxylic acid groups (broad SMARTS) is 1. The van der Waals surface area contributed by atoms with Gasteiger partial charge >= 0.3 is 12.1 Å². The van der Waals surface area contributed by atoms with Gasteiger partial charge in [-0.1, -0.05) is 24.3 Å². The lowest BCUT2D eigenvalue weighted by atomic mass is 9.86. The lowest BCUT2D eigenvalue weighted by Gasteiger charge is -2.42. The van der Waals surface area contributed by atoms with Crippen LogP contribution in [0, 0.1) is 11.8 Å². The fourth-order valence-corrected chi connectivity index (χ4v) is 5.45. The van der Waals surface area contributed by atoms with Crippen molar-refractivity contribution in [3.63, 3.8) is 0 Å². The Balaban J connectivity index is 0.000000541. The van der Waals surface area contributed by atoms with Crippen molar-refractivity contribution in [1.29, 1.82) is 0 Å². The molecule has 5 atom stereocenters. The minimum absolute atomic E-state index is 0.122. The molecule has 43 heavy (non-hydrogen) atoms. The second-order valence-corrected chi connectivity index (χ2v) is 11.9. The maximum absolute atomic E-state index is 13.5. The van der Waals surface area contributed by atoms with Crippen LogP contribution in [0.5, 0.6) is 5.75 Å². The van der Waals surface area contributed by atoms with Crippen LogP contribution in [0.1, 0.15) is 63.7 Å². The number of halogens is 3. The first kappa shape index (κ1) is 31.7. The number of nitrogens with one attached hydrogen (secondary N) is 1. The normalized spacial score (nSPS) is 26.0. The molecular weight excluding hydrogens is 571 g/mol. The Hall–Kier alpha value is -4.20. The molecule has 1 saturated carbocycles. The fourth-order valence-electron chi connectivity index (χ4n) is 5.45. The van der Waals surface area contributed by atoms with E-state index in [1.165, 1.54) is 4.90 Å². The van der Waals surface area contributed by atoms with E-state index < -0.39 is 41.5 Å². The second-order valence-electron chi connectivity index (χ2n) is 11.9. The van der Waals surface area contributed by atoms with E-state index >= 15 is 0 Å². The maximum Gasteiger partial charge on any atom is 0.490 e. The largest absolute Gasteiger partial charge is 0.490 e. The molecule has 1 unspecified atom stereocenters. The number of carbonyl (C=O) groups excluding carboxylic acids is 2. The topological polar surface area (TPSA) is 167 Å². The van der Waals surface area contributed by atoms with Crippen molar-refractivity contribution >= 4 is 23.7 Å². The number of aliphatic hydroxyl groups excluding tert-OH is 1. The number of aliphatic imine (C=N–C) groups is 1. The van der Waals surface area contributed by atoms with Crippen LogP contribution in [0.2, 0.25) is 0 Å². The summed E-state index contributed by atoms with van der Waals surface area (Å²) < 4.78 is 37.7. The van der Waals surface area contributed by atoms with Crippen LogP contribution in [0.3, 0.4) is 0 Å². The highest BCUT2D eigenvalue weighted by Crippen LogP contribution is 2.51. The first-order chi connectivity index (χ1) is 19.9. The zero-order chi connectivity index (χ0) is 31.9. The van der Waals surface area contributed by atoms with Crippen molar-refractivity contribution in [2.24, 2.45) is 22.6 Å². The number of benzene rings is 1. The summed E-state index contributed by atoms with van der Waals surface area (Å²) >= 11 is 0. The number of hydrogen-bond donors (Lipinski definition) is 4. The summed E-state index contributed by atoms with van der Waals surface area (Å²) in [6.45, 7) is 7.35. The third-order valence-corrected chi connectivity index (χ3v) is 7.60. The molecule has 3 aliphatic rings. The lowest BCUT2D eigenvalue weighted by Crippen LogP contribution is -2.54. The van der Waals surface area contributed by atoms with Crippen LogP contribution >= 0.6 is 0 Å². The summed E-state index contributed by atoms with van der Waals surface area (Å²) in [5, 5.41) is 21.2. The number of carbonyl (C=O) groups is 3. The number of aliphatic carboxylic acids is 1. The number of aromatic nitrogens is 1. The Labute approximate surface area is 245 Å². The molecule has 2 aliphatic heterocycles. The number of nitrogens with two attached hydrogens (primary N) is 1. The number of ether oxygens (including phenoxy) is 1. The van der Waals surface area contributed by atoms with Crippen molar-refractivity contribution < 1.29 is 42.5 Å². The number of para-hydroxylation sites is 1. The van der Waals surface area contributed by atoms with Gasteiger partial charge in [0.1, 0.15) is 17.5 Å². The van der Waals surface area contributed by atoms with E-state index in [1.807, 2.05) is 50.2 Å². The quantitative estimate of drug-likeness (QED) is 0.403. The number of alkyl halides is 3. The monoisotopic (exact) mass is 605 g/mol. The van der Waals surface area contributed by atoms with E-state index in [2.05, 4.69) is 15.3 Å². The Morgan fingerprint density at radius 3 is 2.40 bits per heavy atom. The predicted octanol–water partition coefficient (Wildman–Crippen LogP) is 3.11. The molecule has 232 valence electrons. The Morgan fingerprint density at radius 1 is 1.16 bits per heavy atom. The molecule has 0 saturated heterocycles. The van der Waals surface area contributed by atoms with Crippen molar-refractivity contribution in [2.45, 2.75) is 76.0 Å². The van der Waals surface area contributed by atoms with Gasteiger partial charge in [-0.25, -0.2) is 9.79 Å². The first-order valence-corrected chi connectivity index (χ1v) is 13.6. The van der Waals surface area contributed by atoms with Crippen LogP contribution in [-0.2, 0) is 14.4 Å². The van der Waals surface area contributed by atoms with Crippen molar-refractivity contribution in [3.8, 4) is 5.75 Å². The van der Waals surface area contributed by atoms with Gasteiger partial charge < -0.3 is 26.0 Å². The minimum Gasteiger partial charge on any atom is -0.485 e. The molecule has 11 nitrogen and oxygen atoms in total. The number of nitrogens with zero attached hydrogens (tertiary/aromatic N) is 3. The lowest BCUT2D eigenvalue weighted by molar-refractivity contribution is -0.192. The second kappa shape index (κ2) is 11.5. The van der Waals surface area contributed by atoms with Gasteiger partial charge in [-0.2, -0.15) is 13.2 Å². The van der Waals surface area contributed by atoms with Gasteiger partial charge in [0.15, 0.2) is 5.96 Å². The average Bonchev–Trinajstić information content (AvgIpc) is 3.69. The SMILES string of the molecule is CC1(C)CC(=O)N(C(c2cccnc2)[C@@H]2C[C@H]2C(=O)N[C@@H]2c3ccccc3OC(C)(C)[C@H]2O)C(N)=N1.O=C(O)C(F)(F)F. The molecule has 0 radical (unpaired) electrons. The molecule has 14 heteroatoms. The predicted molar refractivity (Wildman–Crippen MR) is 147 cm³/mol. The van der Waals surface area contributed by atoms with E-state index in [1.54, 1.807) is 26.2 Å². The van der Waals surface area contributed by atoms with Crippen LogP contribution in [-0.4, -0.2) is 67.3 Å². The molecule has 0 bridgehead atoms. The smallest absolute Gasteiger partial charge is 0.485 e. The van der Waals surface area contributed by atoms with Crippen molar-refractivity contribution in [3.05, 3.63) is 59.9 Å². The Morgan fingerprint density at radius 2 is 1.81 bits per heavy atom. The summed E-state index contributed by atoms with van der Waals surface area (Å²) in [4.78, 5) is 45.9. The molecule has 3 heterocycles. The van der Waals surface area contributed by atoms with E-state index in [4.69, 9.17) is 20.4 Å². The first-order valence-electron chi connectivity index (χ1n) is 13.6. The highest BCUT2D eigenvalue weighted by Gasteiger charge is 2.54. The van der Waals surface area contributed by atoms with E-state index in [9.17, 15) is 27.9 Å². The number of hydrogen-bond acceptors (Lipinski definition) is 8. The zero-order valence-corrected chi connectivity index (χ0v) is 24.0. The van der Waals surface area contributed by atoms with Crippen LogP contribution < -0.4 is 15.8 Å². The Kier molecular flexibility index (Phi) is 8.47. The third kappa shape index (κ3) is 6.90. The summed E-state index contributed by atoms with van der Waals surface area (Å²) in [7, 11) is 0. The van der Waals surface area contributed by atoms with Gasteiger partial charge in [0, 0.05) is 23.9 Å². The van der Waals surface area contributed by atoms with Gasteiger partial charge in [-0.05, 0) is 57.7 Å². The molecule has 1 aliphatic carbocycles. The maximum atomic E-state index is 13.5. The van der Waals surface area contributed by atoms with Crippen molar-refractivity contribution in [2.75, 3.05) is 0 Å². The average molecular weight is 606 g/mol. The van der Waals surface area contributed by atoms with Gasteiger partial charge in [-0.15, -0.1) is 0 Å². The Bertz CT molecular complexity index is 1410. The molecule has 1 aromatic carbocycles. The van der Waals surface area contributed by atoms with Crippen LogP contribution in [0.25, 0.3) is 0 Å². The number of rotatable bonds is 5. The molecule has 5 N–H and O–H groups in total. The summed E-state index contributed by atoms with van der Waals surface area (Å²) in [5.74, 6) is -2.76. The van der Waals surface area contributed by atoms with Crippen LogP contribution in [0.4, 0.5) is 13.2 Å². The van der Waals surface area contributed by atoms with E-state index in [-0.39, 0.29) is 36.0 Å². The zero-order valence-electron chi connectivity index (χ0n) is 24.0. The standard InChI is InChI=1S/C27H33N5O4.C2HF3O2/c1-26(2)13-20(33)32(25(28)31-26)22(15-8-7-11-29-14-15)17-12-18(17)24(35)30-21-16-9-5-6-10-19(16)36-27(3,4)23(21)34;3-2(4,5)1(6)7/h5-11,14,17-18,21-23,34H,12-13H2,1-4H3,(H2,28,31)(H,30,35);(H,6,7)/t17-,18-,21-,22?,23+;/m1./s1. The highest BCUT2D eigenvalue weighted by molar-refractivity contribution is 5.99. The molecule has 2 aromatic rings. The van der Waals surface area contributed by atoms with Gasteiger partial charge in [0.25, 0.3) is 0 Å². The van der Waals surface area contributed by atoms with Gasteiger partial charge in [-0.3, -0.25) is 19.5 Å². The summed E-state index contributed by atoms with van der Waals surface area (Å²) in [6.07, 6.45) is -1.83. The number of guanidine groups is 1. The van der Waals surface area contributed by atoms with E-state index in [0.717, 1.165) is 11.1 Å². The highest BCUT2D eigenvalue weighted by atomic mass is 19.4. The molecule has 0 spiro atoms. The van der Waals surface area contributed by atoms with Crippen LogP contribution in [0.15, 0.2) is 53.8 Å². The molecule has 2 amide bonds. The number of pyridine rings is 1. The number of amides is 2. The number of fused-ring (bicyclic) bond motifs is 1. The van der Waals surface area contributed by atoms with Gasteiger partial charge in [0.05, 0.1) is 24.0 Å². The number of aliphatic hydroxyl groups is 1. The summed E-state index contributed by atoms with van der Waals surface area (Å²) in [5.41, 5.74) is 6.41. The fraction of sp³-hybridized carbons (Fsp3) is 0.483. The molecule has 1 fully saturated rings. The van der Waals surface area contributed by atoms with E-state index in [0.29, 0.717) is 12.2 Å². The van der Waals surface area contributed by atoms with Crippen molar-refractivity contribution in [1.82, 2.24) is 15.2 Å². The molecular formula is C29H34F3N5O6. The third-order valence-electron chi connectivity index (χ3n) is 7.60. The molecule has 1 aromatic heterocycles. The summed E-state index contributed by atoms with van der Waals surface area (Å²) in [6, 6.07) is 10.1. The molecule has 5 rings (SSSR count). The van der Waals surface area contributed by atoms with Gasteiger partial charge in [0.2, 0.25) is 11.8 Å². The minimum atomic E-state index is -5.08. The number of carboxylic acids is 1.